The minimum Gasteiger partial charge on any atom is -0.493 e. The van der Waals surface area contributed by atoms with Gasteiger partial charge in [0.1, 0.15) is 17.4 Å². The molecule has 5 rings (SSSR count). The van der Waals surface area contributed by atoms with Crippen LogP contribution in [0.2, 0.25) is 0 Å². The number of methoxy groups -OCH3 is 1. The molecule has 1 saturated heterocycles. The first kappa shape index (κ1) is 29.6. The van der Waals surface area contributed by atoms with Crippen LogP contribution < -0.4 is 30.2 Å². The topological polar surface area (TPSA) is 111 Å². The van der Waals surface area contributed by atoms with Crippen LogP contribution in [-0.4, -0.2) is 43.6 Å². The van der Waals surface area contributed by atoms with E-state index in [2.05, 4.69) is 20.9 Å². The third-order valence-corrected chi connectivity index (χ3v) is 7.02. The maximum absolute atomic E-state index is 15.0. The van der Waals surface area contributed by atoms with Crippen LogP contribution in [0.3, 0.4) is 0 Å². The Balaban J connectivity index is 1.25. The van der Waals surface area contributed by atoms with Crippen LogP contribution in [-0.2, 0) is 16.1 Å². The van der Waals surface area contributed by atoms with Gasteiger partial charge in [-0.05, 0) is 68.2 Å². The van der Waals surface area contributed by atoms with Gasteiger partial charge in [0.15, 0.2) is 23.1 Å². The molecule has 1 aromatic heterocycles. The number of ether oxygens (including phenoxy) is 3. The minimum absolute atomic E-state index is 0.0288. The van der Waals surface area contributed by atoms with Crippen molar-refractivity contribution in [3.05, 3.63) is 83.8 Å². The van der Waals surface area contributed by atoms with Gasteiger partial charge in [-0.25, -0.2) is 13.2 Å². The van der Waals surface area contributed by atoms with E-state index in [-0.39, 0.29) is 11.4 Å². The van der Waals surface area contributed by atoms with Crippen LogP contribution in [0.25, 0.3) is 10.9 Å². The number of rotatable bonds is 9. The molecule has 3 N–H and O–H groups in total. The lowest BCUT2D eigenvalue weighted by molar-refractivity contribution is -0.136. The number of carbonyl (C=O) groups is 2. The van der Waals surface area contributed by atoms with Crippen molar-refractivity contribution < 1.29 is 37.0 Å². The zero-order chi connectivity index (χ0) is 30.3. The summed E-state index contributed by atoms with van der Waals surface area (Å²) in [6, 6.07) is 11.9. The Morgan fingerprint density at radius 1 is 0.907 bits per heavy atom. The molecule has 0 aliphatic carbocycles. The highest BCUT2D eigenvalue weighted by molar-refractivity contribution is 6.39. The van der Waals surface area contributed by atoms with E-state index in [9.17, 15) is 18.4 Å². The summed E-state index contributed by atoms with van der Waals surface area (Å²) in [7, 11) is 1.53. The fourth-order valence-electron chi connectivity index (χ4n) is 4.66. The van der Waals surface area contributed by atoms with Crippen LogP contribution in [0.1, 0.15) is 18.4 Å². The monoisotopic (exact) mass is 594 g/mol. The number of pyridine rings is 1. The normalized spacial score (nSPS) is 13.4. The van der Waals surface area contributed by atoms with Crippen molar-refractivity contribution in [2.24, 2.45) is 5.92 Å². The molecule has 0 unspecified atom stereocenters. The van der Waals surface area contributed by atoms with Gasteiger partial charge >= 0.3 is 11.8 Å². The van der Waals surface area contributed by atoms with Gasteiger partial charge in [-0.3, -0.25) is 14.6 Å². The predicted octanol–water partition coefficient (Wildman–Crippen LogP) is 5.09. The number of benzene rings is 3. The van der Waals surface area contributed by atoms with E-state index >= 15 is 4.39 Å². The van der Waals surface area contributed by atoms with Gasteiger partial charge in [-0.1, -0.05) is 6.07 Å². The van der Waals surface area contributed by atoms with Gasteiger partial charge in [0.25, 0.3) is 0 Å². The molecule has 9 nitrogen and oxygen atoms in total. The Bertz CT molecular complexity index is 1630. The zero-order valence-electron chi connectivity index (χ0n) is 23.2. The number of carbonyl (C=O) groups excluding carboxylic acids is 2. The van der Waals surface area contributed by atoms with Gasteiger partial charge in [0.05, 0.1) is 19.2 Å². The molecule has 3 aromatic carbocycles. The molecular weight excluding hydrogens is 565 g/mol. The molecule has 0 atom stereocenters. The molecule has 0 bridgehead atoms. The number of halogens is 3. The maximum Gasteiger partial charge on any atom is 0.313 e. The second kappa shape index (κ2) is 13.4. The number of piperidine rings is 1. The average molecular weight is 595 g/mol. The number of anilines is 1. The number of aromatic nitrogens is 1. The van der Waals surface area contributed by atoms with Crippen molar-refractivity contribution >= 4 is 28.4 Å². The second-order valence-electron chi connectivity index (χ2n) is 9.92. The first-order valence-electron chi connectivity index (χ1n) is 13.6. The molecule has 12 heteroatoms. The standard InChI is InChI=1S/C31H29F3N4O5/c1-41-28-14-20-25(15-29(28)42-17-18-7-10-35-11-8-18)36-12-9-26(20)43-27-6-5-19(13-24(27)34)38-31(40)30(39)37-16-21-22(32)3-2-4-23(21)33/h2-6,9,12-15,18,35H,7-8,10-11,16-17H2,1H3,(H,37,39)(H,38,40). The van der Waals surface area contributed by atoms with Gasteiger partial charge < -0.3 is 30.2 Å². The maximum atomic E-state index is 15.0. The molecule has 0 spiro atoms. The summed E-state index contributed by atoms with van der Waals surface area (Å²) in [6.45, 7) is 1.94. The number of hydrogen-bond acceptors (Lipinski definition) is 7. The Labute approximate surface area is 245 Å². The number of nitrogens with zero attached hydrogens (tertiary/aromatic N) is 1. The molecule has 1 aliphatic rings. The van der Waals surface area contributed by atoms with Gasteiger partial charge in [0.2, 0.25) is 0 Å². The lowest BCUT2D eigenvalue weighted by Gasteiger charge is -2.23. The predicted molar refractivity (Wildman–Crippen MR) is 153 cm³/mol. The minimum atomic E-state index is -1.15. The third-order valence-electron chi connectivity index (χ3n) is 7.02. The molecule has 1 aliphatic heterocycles. The number of amides is 2. The molecule has 2 heterocycles. The van der Waals surface area contributed by atoms with E-state index in [0.29, 0.717) is 40.7 Å². The Hall–Kier alpha value is -4.84. The van der Waals surface area contributed by atoms with E-state index in [4.69, 9.17) is 14.2 Å². The van der Waals surface area contributed by atoms with Gasteiger partial charge in [-0.2, -0.15) is 0 Å². The van der Waals surface area contributed by atoms with Crippen LogP contribution in [0, 0.1) is 23.4 Å². The van der Waals surface area contributed by atoms with Crippen molar-refractivity contribution in [1.29, 1.82) is 0 Å². The first-order valence-corrected chi connectivity index (χ1v) is 13.6. The van der Waals surface area contributed by atoms with Crippen molar-refractivity contribution in [2.75, 3.05) is 32.1 Å². The fourth-order valence-corrected chi connectivity index (χ4v) is 4.66. The number of fused-ring (bicyclic) bond motifs is 1. The molecule has 224 valence electrons. The lowest BCUT2D eigenvalue weighted by Crippen LogP contribution is -2.35. The first-order chi connectivity index (χ1) is 20.8. The largest absolute Gasteiger partial charge is 0.493 e. The van der Waals surface area contributed by atoms with Crippen LogP contribution in [0.15, 0.2) is 60.8 Å². The Kier molecular flexibility index (Phi) is 9.26. The Morgan fingerprint density at radius 2 is 1.67 bits per heavy atom. The highest BCUT2D eigenvalue weighted by Crippen LogP contribution is 2.38. The van der Waals surface area contributed by atoms with Crippen LogP contribution in [0.4, 0.5) is 18.9 Å². The molecule has 0 saturated carbocycles. The van der Waals surface area contributed by atoms with E-state index in [1.54, 1.807) is 18.2 Å². The van der Waals surface area contributed by atoms with Crippen LogP contribution >= 0.6 is 0 Å². The van der Waals surface area contributed by atoms with Gasteiger partial charge in [-0.15, -0.1) is 0 Å². The summed E-state index contributed by atoms with van der Waals surface area (Å²) in [6.07, 6.45) is 3.59. The van der Waals surface area contributed by atoms with E-state index in [1.807, 2.05) is 0 Å². The number of nitrogens with one attached hydrogen (secondary N) is 3. The summed E-state index contributed by atoms with van der Waals surface area (Å²) in [5, 5.41) is 8.28. The lowest BCUT2D eigenvalue weighted by atomic mass is 9.99. The molecular formula is C31H29F3N4O5. The SMILES string of the molecule is COc1cc2c(Oc3ccc(NC(=O)C(=O)NCc4c(F)cccc4F)cc3F)ccnc2cc1OCC1CCNCC1. The molecule has 43 heavy (non-hydrogen) atoms. The van der Waals surface area contributed by atoms with E-state index in [1.165, 1.54) is 31.5 Å². The van der Waals surface area contributed by atoms with Gasteiger partial charge in [0, 0.05) is 41.5 Å². The molecule has 4 aromatic rings. The average Bonchev–Trinajstić information content (AvgIpc) is 3.01. The summed E-state index contributed by atoms with van der Waals surface area (Å²) >= 11 is 0. The van der Waals surface area contributed by atoms with Crippen molar-refractivity contribution in [3.8, 4) is 23.0 Å². The quantitative estimate of drug-likeness (QED) is 0.232. The molecule has 2 amide bonds. The van der Waals surface area contributed by atoms with Crippen LogP contribution in [0.5, 0.6) is 23.0 Å². The highest BCUT2D eigenvalue weighted by atomic mass is 19.1. The van der Waals surface area contributed by atoms with E-state index in [0.717, 1.165) is 44.1 Å². The summed E-state index contributed by atoms with van der Waals surface area (Å²) in [5.74, 6) is -3.20. The molecule has 0 radical (unpaired) electrons. The van der Waals surface area contributed by atoms with Crippen molar-refractivity contribution in [1.82, 2.24) is 15.6 Å². The summed E-state index contributed by atoms with van der Waals surface area (Å²) in [4.78, 5) is 28.8. The highest BCUT2D eigenvalue weighted by Gasteiger charge is 2.19. The second-order valence-corrected chi connectivity index (χ2v) is 9.92. The zero-order valence-corrected chi connectivity index (χ0v) is 23.2. The summed E-state index contributed by atoms with van der Waals surface area (Å²) < 4.78 is 60.0. The number of hydrogen-bond donors (Lipinski definition) is 3. The van der Waals surface area contributed by atoms with E-state index < -0.39 is 41.4 Å². The Morgan fingerprint density at radius 3 is 2.40 bits per heavy atom. The van der Waals surface area contributed by atoms with Crippen molar-refractivity contribution in [2.45, 2.75) is 19.4 Å². The molecule has 1 fully saturated rings. The third kappa shape index (κ3) is 7.15. The fraction of sp³-hybridized carbons (Fsp3) is 0.258. The summed E-state index contributed by atoms with van der Waals surface area (Å²) in [5.41, 5.74) is 0.140. The smallest absolute Gasteiger partial charge is 0.313 e. The van der Waals surface area contributed by atoms with Crippen molar-refractivity contribution in [3.63, 3.8) is 0 Å².